The lowest BCUT2D eigenvalue weighted by Crippen LogP contribution is -2.45. The van der Waals surface area contributed by atoms with Crippen LogP contribution < -0.4 is 21.7 Å². The Balaban J connectivity index is 0.000000123. The van der Waals surface area contributed by atoms with Gasteiger partial charge in [0.2, 0.25) is 0 Å². The molecule has 13 nitrogen and oxygen atoms in total. The number of nitrogens with two attached hydrogens (primary N) is 1. The number of rotatable bonds is 10. The first-order valence-electron chi connectivity index (χ1n) is 24.1. The van der Waals surface area contributed by atoms with Gasteiger partial charge in [0.25, 0.3) is 0 Å². The van der Waals surface area contributed by atoms with E-state index < -0.39 is 0 Å². The van der Waals surface area contributed by atoms with E-state index in [-0.39, 0.29) is 1.43 Å². The Hall–Kier alpha value is -3.19. The highest BCUT2D eigenvalue weighted by Crippen LogP contribution is 2.41. The van der Waals surface area contributed by atoms with Crippen molar-refractivity contribution in [3.05, 3.63) is 55.5 Å². The van der Waals surface area contributed by atoms with Gasteiger partial charge in [0.15, 0.2) is 0 Å². The van der Waals surface area contributed by atoms with Gasteiger partial charge < -0.3 is 31.5 Å². The fourth-order valence-electron chi connectivity index (χ4n) is 10.2. The highest BCUT2D eigenvalue weighted by atomic mass is 35.5. The fourth-order valence-corrected chi connectivity index (χ4v) is 14.2. The van der Waals surface area contributed by atoms with Gasteiger partial charge in [0.05, 0.1) is 16.2 Å². The average molecular weight is 948 g/mol. The molecule has 3 fully saturated rings. The number of halogens is 1. The minimum atomic E-state index is 0. The molecule has 17 heteroatoms. The monoisotopic (exact) mass is 946 g/mol. The molecular weight excluding hydrogens is 878 g/mol. The standard InChI is InChI=1S/C16H22N4S.C15H21N5S.C9H7ClN2S.C7H16N2.H2/c1-2-8-20(9-3-1)10-7-17-15-14-12-5-4-6-13(12)21-16(14)19-11-18-15;1-2-11-12(3-1)21-15-13(11)14(18-10-19-15)17-6-9-20-7-4-16-5-8-20;10-8-7-5-2-1-3-6(5)13-9(7)12-4-11-8;8-4-7-9-5-2-1-3-6-9;/h11H,1-10H2,(H,17,18,19);10,16H,1-9H2,(H,17,18,19);4H,1-3H2;1-8H2;1H/i;;;;1+1. The van der Waals surface area contributed by atoms with Gasteiger partial charge in [-0.05, 0) is 126 Å². The van der Waals surface area contributed by atoms with E-state index in [1.165, 1.54) is 164 Å². The van der Waals surface area contributed by atoms with Crippen LogP contribution in [-0.2, 0) is 38.5 Å². The van der Waals surface area contributed by atoms with E-state index in [2.05, 4.69) is 60.6 Å². The zero-order valence-corrected chi connectivity index (χ0v) is 40.6. The number of aromatic nitrogens is 6. The second-order valence-electron chi connectivity index (χ2n) is 17.8. The number of piperidine rings is 2. The Kier molecular flexibility index (Phi) is 16.5. The van der Waals surface area contributed by atoms with Gasteiger partial charge >= 0.3 is 0 Å². The third kappa shape index (κ3) is 11.3. The lowest BCUT2D eigenvalue weighted by Gasteiger charge is -2.27. The summed E-state index contributed by atoms with van der Waals surface area (Å²) in [4.78, 5) is 41.5. The molecule has 0 amide bonds. The van der Waals surface area contributed by atoms with E-state index in [1.807, 2.05) is 22.7 Å². The van der Waals surface area contributed by atoms with E-state index in [1.54, 1.807) is 24.0 Å². The maximum atomic E-state index is 6.04. The van der Waals surface area contributed by atoms with Gasteiger partial charge in [0.1, 0.15) is 50.3 Å². The lowest BCUT2D eigenvalue weighted by molar-refractivity contribution is 0.235. The number of nitrogens with zero attached hydrogens (tertiary/aromatic N) is 9. The molecule has 0 bridgehead atoms. The molecule has 0 radical (unpaired) electrons. The molecule has 6 aromatic rings. The molecule has 3 aliphatic carbocycles. The molecule has 0 unspecified atom stereocenters. The van der Waals surface area contributed by atoms with Crippen molar-refractivity contribution >= 4 is 87.9 Å². The van der Waals surface area contributed by atoms with Gasteiger partial charge in [-0.15, -0.1) is 34.0 Å². The van der Waals surface area contributed by atoms with Crippen molar-refractivity contribution in [3.8, 4) is 0 Å². The summed E-state index contributed by atoms with van der Waals surface area (Å²) in [5.41, 5.74) is 9.82. The molecular formula is C47H68ClN13S3. The van der Waals surface area contributed by atoms with Crippen LogP contribution in [0.2, 0.25) is 5.15 Å². The normalized spacial score (nSPS) is 18.7. The molecule has 0 aromatic carbocycles. The van der Waals surface area contributed by atoms with E-state index in [4.69, 9.17) is 17.3 Å². The highest BCUT2D eigenvalue weighted by molar-refractivity contribution is 7.19. The number of fused-ring (bicyclic) bond motifs is 9. The molecule has 3 saturated heterocycles. The van der Waals surface area contributed by atoms with E-state index in [9.17, 15) is 0 Å². The molecule has 12 rings (SSSR count). The molecule has 3 aliphatic heterocycles. The van der Waals surface area contributed by atoms with Gasteiger partial charge in [0, 0.05) is 81.5 Å². The summed E-state index contributed by atoms with van der Waals surface area (Å²) in [5, 5.41) is 14.8. The highest BCUT2D eigenvalue weighted by Gasteiger charge is 2.23. The first kappa shape index (κ1) is 45.9. The third-order valence-corrected chi connectivity index (χ3v) is 17.3. The number of likely N-dealkylation sites (tertiary alicyclic amines) is 2. The molecule has 0 atom stereocenters. The average Bonchev–Trinajstić information content (AvgIpc) is 4.19. The quantitative estimate of drug-likeness (QED) is 0.0982. The first-order valence-corrected chi connectivity index (χ1v) is 26.9. The van der Waals surface area contributed by atoms with Crippen LogP contribution in [0.3, 0.4) is 0 Å². The maximum absolute atomic E-state index is 6.04. The Morgan fingerprint density at radius 1 is 0.516 bits per heavy atom. The molecule has 6 aromatic heterocycles. The Morgan fingerprint density at radius 3 is 1.42 bits per heavy atom. The summed E-state index contributed by atoms with van der Waals surface area (Å²) in [5.74, 6) is 2.09. The van der Waals surface area contributed by atoms with Crippen molar-refractivity contribution in [1.82, 2.24) is 49.9 Å². The van der Waals surface area contributed by atoms with Gasteiger partial charge in [-0.3, -0.25) is 4.90 Å². The zero-order chi connectivity index (χ0) is 43.5. The molecule has 5 N–H and O–H groups in total. The van der Waals surface area contributed by atoms with Crippen LogP contribution in [0.1, 0.15) is 90.5 Å². The largest absolute Gasteiger partial charge is 0.368 e. The van der Waals surface area contributed by atoms with Crippen LogP contribution in [-0.4, -0.2) is 136 Å². The number of hydrogen-bond donors (Lipinski definition) is 4. The van der Waals surface area contributed by atoms with Gasteiger partial charge in [-0.2, -0.15) is 0 Å². The zero-order valence-electron chi connectivity index (χ0n) is 37.4. The van der Waals surface area contributed by atoms with Crippen molar-refractivity contribution in [2.24, 2.45) is 5.73 Å². The number of thiophene rings is 3. The molecule has 64 heavy (non-hydrogen) atoms. The van der Waals surface area contributed by atoms with Crippen molar-refractivity contribution in [3.63, 3.8) is 0 Å². The SMILES string of the molecule is Clc1ncnc2sc3c(c12)CCC3.NCCN1CCCCC1.[2HH].c1nc(NCCN2CCCCC2)c2c3c(sc2n1)CCC3.c1nc(NCCN2CCNCC2)c2c3c(sc2n1)CCC3. The smallest absolute Gasteiger partial charge is 0.141 e. The van der Waals surface area contributed by atoms with E-state index in [0.717, 1.165) is 103 Å². The van der Waals surface area contributed by atoms with Crippen LogP contribution in [0.25, 0.3) is 30.6 Å². The summed E-state index contributed by atoms with van der Waals surface area (Å²) >= 11 is 11.5. The maximum Gasteiger partial charge on any atom is 0.141 e. The van der Waals surface area contributed by atoms with Gasteiger partial charge in [-0.25, -0.2) is 29.9 Å². The van der Waals surface area contributed by atoms with Crippen molar-refractivity contribution < 1.29 is 1.43 Å². The van der Waals surface area contributed by atoms with Crippen molar-refractivity contribution in [1.29, 1.82) is 0 Å². The summed E-state index contributed by atoms with van der Waals surface area (Å²) in [6.07, 6.45) is 24.2. The summed E-state index contributed by atoms with van der Waals surface area (Å²) in [6, 6.07) is 0. The predicted octanol–water partition coefficient (Wildman–Crippen LogP) is 8.09. The number of anilines is 2. The third-order valence-electron chi connectivity index (χ3n) is 13.5. The second-order valence-corrected chi connectivity index (χ2v) is 21.4. The van der Waals surface area contributed by atoms with Crippen molar-refractivity contribution in [2.45, 2.75) is 96.3 Å². The van der Waals surface area contributed by atoms with Crippen LogP contribution in [0.4, 0.5) is 11.6 Å². The van der Waals surface area contributed by atoms with E-state index in [0.29, 0.717) is 5.15 Å². The Labute approximate surface area is 396 Å². The number of hydrogen-bond acceptors (Lipinski definition) is 16. The van der Waals surface area contributed by atoms with Crippen LogP contribution >= 0.6 is 45.6 Å². The number of piperazine rings is 1. The summed E-state index contributed by atoms with van der Waals surface area (Å²) in [7, 11) is 0. The minimum absolute atomic E-state index is 0. The Bertz CT molecular complexity index is 2310. The molecule has 0 saturated carbocycles. The fraction of sp³-hybridized carbons (Fsp3) is 0.617. The molecule has 9 heterocycles. The summed E-state index contributed by atoms with van der Waals surface area (Å²) < 4.78 is 0. The summed E-state index contributed by atoms with van der Waals surface area (Å²) in [6.45, 7) is 15.6. The minimum Gasteiger partial charge on any atom is -0.368 e. The lowest BCUT2D eigenvalue weighted by atomic mass is 10.1. The Morgan fingerprint density at radius 2 is 0.938 bits per heavy atom. The number of aryl methyl sites for hydroxylation is 6. The molecule has 6 aliphatic rings. The van der Waals surface area contributed by atoms with Crippen LogP contribution in [0.15, 0.2) is 19.0 Å². The molecule has 0 spiro atoms. The van der Waals surface area contributed by atoms with Gasteiger partial charge in [-0.1, -0.05) is 24.4 Å². The van der Waals surface area contributed by atoms with E-state index >= 15 is 0 Å². The molecule has 346 valence electrons. The second kappa shape index (κ2) is 23.0. The van der Waals surface area contributed by atoms with Crippen LogP contribution in [0.5, 0.6) is 0 Å². The van der Waals surface area contributed by atoms with Crippen LogP contribution in [0, 0.1) is 0 Å². The topological polar surface area (TPSA) is 149 Å². The number of nitrogens with one attached hydrogen (secondary N) is 3. The first-order chi connectivity index (χ1) is 31.6. The predicted molar refractivity (Wildman–Crippen MR) is 271 cm³/mol. The van der Waals surface area contributed by atoms with Crippen molar-refractivity contribution in [2.75, 3.05) is 102 Å².